The topological polar surface area (TPSA) is 77.7 Å². The summed E-state index contributed by atoms with van der Waals surface area (Å²) in [7, 11) is 1.60. The molecule has 2 atom stereocenters. The first-order valence-electron chi connectivity index (χ1n) is 5.59. The van der Waals surface area contributed by atoms with Crippen LogP contribution < -0.4 is 10.5 Å². The van der Waals surface area contributed by atoms with E-state index in [0.717, 1.165) is 16.5 Å². The van der Waals surface area contributed by atoms with E-state index in [1.54, 1.807) is 13.3 Å². The zero-order valence-electron chi connectivity index (χ0n) is 9.79. The quantitative estimate of drug-likeness (QED) is 0.822. The Kier molecular flexibility index (Phi) is 2.41. The highest BCUT2D eigenvalue weighted by atomic mass is 16.6. The van der Waals surface area contributed by atoms with E-state index < -0.39 is 12.0 Å². The fourth-order valence-corrected chi connectivity index (χ4v) is 2.15. The van der Waals surface area contributed by atoms with Gasteiger partial charge >= 0.3 is 0 Å². The molecule has 2 heterocycles. The van der Waals surface area contributed by atoms with Crippen LogP contribution in [0.5, 0.6) is 5.75 Å². The van der Waals surface area contributed by atoms with E-state index in [-0.39, 0.29) is 6.10 Å². The van der Waals surface area contributed by atoms with Crippen molar-refractivity contribution in [1.29, 1.82) is 0 Å². The van der Waals surface area contributed by atoms with Gasteiger partial charge in [0.15, 0.2) is 6.10 Å². The number of nitrogens with two attached hydrogens (primary N) is 1. The van der Waals surface area contributed by atoms with E-state index in [0.29, 0.717) is 5.75 Å². The minimum Gasteiger partial charge on any atom is -0.494 e. The molecule has 1 amide bonds. The Balaban J connectivity index is 2.12. The SMILES string of the molecule is COc1ccc(C2OC2C(N)=O)c2cccnc12. The van der Waals surface area contributed by atoms with Crippen molar-refractivity contribution in [1.82, 2.24) is 4.98 Å². The first-order valence-corrected chi connectivity index (χ1v) is 5.59. The highest BCUT2D eigenvalue weighted by molar-refractivity contribution is 5.90. The second-order valence-corrected chi connectivity index (χ2v) is 4.14. The Morgan fingerprint density at radius 3 is 2.94 bits per heavy atom. The lowest BCUT2D eigenvalue weighted by Gasteiger charge is -2.07. The zero-order valence-corrected chi connectivity index (χ0v) is 9.79. The van der Waals surface area contributed by atoms with Crippen LogP contribution in [0.3, 0.4) is 0 Å². The maximum Gasteiger partial charge on any atom is 0.249 e. The molecular formula is C13H12N2O3. The number of amides is 1. The van der Waals surface area contributed by atoms with Crippen LogP contribution in [0.25, 0.3) is 10.9 Å². The van der Waals surface area contributed by atoms with E-state index >= 15 is 0 Å². The molecule has 2 aromatic rings. The van der Waals surface area contributed by atoms with Crippen molar-refractivity contribution in [2.24, 2.45) is 5.73 Å². The summed E-state index contributed by atoms with van der Waals surface area (Å²) < 4.78 is 10.6. The van der Waals surface area contributed by atoms with Crippen molar-refractivity contribution < 1.29 is 14.3 Å². The van der Waals surface area contributed by atoms with Gasteiger partial charge in [0.05, 0.1) is 7.11 Å². The van der Waals surface area contributed by atoms with Gasteiger partial charge in [-0.05, 0) is 17.7 Å². The van der Waals surface area contributed by atoms with Gasteiger partial charge in [-0.3, -0.25) is 9.78 Å². The average molecular weight is 244 g/mol. The number of fused-ring (bicyclic) bond motifs is 1. The molecule has 5 heteroatoms. The number of carbonyl (C=O) groups is 1. The molecule has 2 N–H and O–H groups in total. The molecule has 1 aromatic heterocycles. The number of pyridine rings is 1. The van der Waals surface area contributed by atoms with Gasteiger partial charge < -0.3 is 15.2 Å². The second-order valence-electron chi connectivity index (χ2n) is 4.14. The molecule has 0 spiro atoms. The minimum atomic E-state index is -0.526. The van der Waals surface area contributed by atoms with Gasteiger partial charge in [-0.2, -0.15) is 0 Å². The zero-order chi connectivity index (χ0) is 12.7. The van der Waals surface area contributed by atoms with Crippen LogP contribution in [0.15, 0.2) is 30.5 Å². The molecule has 0 saturated carbocycles. The van der Waals surface area contributed by atoms with Gasteiger partial charge in [-0.15, -0.1) is 0 Å². The van der Waals surface area contributed by atoms with Crippen LogP contribution in [-0.2, 0) is 9.53 Å². The lowest BCUT2D eigenvalue weighted by atomic mass is 10.0. The number of benzene rings is 1. The number of methoxy groups -OCH3 is 1. The molecule has 0 aliphatic carbocycles. The molecule has 0 bridgehead atoms. The third kappa shape index (κ3) is 1.60. The van der Waals surface area contributed by atoms with Crippen LogP contribution in [0.1, 0.15) is 11.7 Å². The normalized spacial score (nSPS) is 21.8. The predicted octanol–water partition coefficient (Wildman–Crippen LogP) is 1.17. The van der Waals surface area contributed by atoms with E-state index in [1.165, 1.54) is 0 Å². The number of primary amides is 1. The Hall–Kier alpha value is -2.14. The number of epoxide rings is 1. The highest BCUT2D eigenvalue weighted by Gasteiger charge is 2.45. The Bertz CT molecular complexity index is 627. The standard InChI is InChI=1S/C13H12N2O3/c1-17-9-5-4-8(11-12(18-11)13(14)16)7-3-2-6-15-10(7)9/h2-6,11-12H,1H3,(H2,14,16). The van der Waals surface area contributed by atoms with E-state index in [9.17, 15) is 4.79 Å². The molecule has 1 aromatic carbocycles. The average Bonchev–Trinajstić information content (AvgIpc) is 3.17. The number of hydrogen-bond acceptors (Lipinski definition) is 4. The lowest BCUT2D eigenvalue weighted by molar-refractivity contribution is -0.119. The summed E-state index contributed by atoms with van der Waals surface area (Å²) in [5, 5.41) is 0.922. The van der Waals surface area contributed by atoms with Gasteiger partial charge in [0.25, 0.3) is 0 Å². The molecule has 1 fully saturated rings. The number of aromatic nitrogens is 1. The molecule has 5 nitrogen and oxygen atoms in total. The number of hydrogen-bond donors (Lipinski definition) is 1. The third-order valence-electron chi connectivity index (χ3n) is 3.06. The summed E-state index contributed by atoms with van der Waals surface area (Å²) in [6.45, 7) is 0. The van der Waals surface area contributed by atoms with Crippen LogP contribution >= 0.6 is 0 Å². The van der Waals surface area contributed by atoms with Crippen molar-refractivity contribution in [3.63, 3.8) is 0 Å². The molecule has 0 radical (unpaired) electrons. The summed E-state index contributed by atoms with van der Waals surface area (Å²) in [6, 6.07) is 7.48. The minimum absolute atomic E-state index is 0.264. The van der Waals surface area contributed by atoms with E-state index in [1.807, 2.05) is 24.3 Å². The van der Waals surface area contributed by atoms with Gasteiger partial charge in [0.2, 0.25) is 5.91 Å². The summed E-state index contributed by atoms with van der Waals surface area (Å²) in [4.78, 5) is 15.4. The second kappa shape index (κ2) is 3.96. The van der Waals surface area contributed by atoms with Crippen molar-refractivity contribution in [3.8, 4) is 5.75 Å². The monoisotopic (exact) mass is 244 g/mol. The van der Waals surface area contributed by atoms with Gasteiger partial charge in [-0.1, -0.05) is 12.1 Å². The van der Waals surface area contributed by atoms with Crippen molar-refractivity contribution in [2.45, 2.75) is 12.2 Å². The van der Waals surface area contributed by atoms with E-state index in [2.05, 4.69) is 4.98 Å². The Morgan fingerprint density at radius 1 is 1.44 bits per heavy atom. The maximum absolute atomic E-state index is 11.1. The van der Waals surface area contributed by atoms with Crippen molar-refractivity contribution in [3.05, 3.63) is 36.0 Å². The number of ether oxygens (including phenoxy) is 2. The summed E-state index contributed by atoms with van der Waals surface area (Å²) in [5.74, 6) is 0.262. The van der Waals surface area contributed by atoms with Crippen LogP contribution in [0.4, 0.5) is 0 Å². The van der Waals surface area contributed by atoms with Crippen molar-refractivity contribution in [2.75, 3.05) is 7.11 Å². The van der Waals surface area contributed by atoms with Crippen LogP contribution in [0.2, 0.25) is 0 Å². The molecule has 92 valence electrons. The molecular weight excluding hydrogens is 232 g/mol. The summed E-state index contributed by atoms with van der Waals surface area (Å²) >= 11 is 0. The van der Waals surface area contributed by atoms with E-state index in [4.69, 9.17) is 15.2 Å². The summed E-state index contributed by atoms with van der Waals surface area (Å²) in [6.07, 6.45) is 0.912. The third-order valence-corrected chi connectivity index (χ3v) is 3.06. The highest BCUT2D eigenvalue weighted by Crippen LogP contribution is 2.42. The fraction of sp³-hybridized carbons (Fsp3) is 0.231. The van der Waals surface area contributed by atoms with Gasteiger partial charge in [0.1, 0.15) is 17.4 Å². The Morgan fingerprint density at radius 2 is 2.28 bits per heavy atom. The van der Waals surface area contributed by atoms with Crippen LogP contribution in [-0.4, -0.2) is 24.1 Å². The lowest BCUT2D eigenvalue weighted by Crippen LogP contribution is -2.18. The maximum atomic E-state index is 11.1. The van der Waals surface area contributed by atoms with Crippen LogP contribution in [0, 0.1) is 0 Å². The number of nitrogens with zero attached hydrogens (tertiary/aromatic N) is 1. The fourth-order valence-electron chi connectivity index (χ4n) is 2.15. The molecule has 1 aliphatic rings. The first kappa shape index (κ1) is 11.0. The smallest absolute Gasteiger partial charge is 0.249 e. The molecule has 3 rings (SSSR count). The van der Waals surface area contributed by atoms with Gasteiger partial charge in [0, 0.05) is 11.6 Å². The Labute approximate surface area is 104 Å². The molecule has 1 aliphatic heterocycles. The summed E-state index contributed by atoms with van der Waals surface area (Å²) in [5.41, 5.74) is 6.90. The molecule has 18 heavy (non-hydrogen) atoms. The van der Waals surface area contributed by atoms with Gasteiger partial charge in [-0.25, -0.2) is 0 Å². The largest absolute Gasteiger partial charge is 0.494 e. The molecule has 1 saturated heterocycles. The van der Waals surface area contributed by atoms with Crippen molar-refractivity contribution >= 4 is 16.8 Å². The predicted molar refractivity (Wildman–Crippen MR) is 65.1 cm³/mol. The number of carbonyl (C=O) groups excluding carboxylic acids is 1. The first-order chi connectivity index (χ1) is 8.72. The molecule has 2 unspecified atom stereocenters. The number of rotatable bonds is 3.